The van der Waals surface area contributed by atoms with Gasteiger partial charge in [0.1, 0.15) is 5.58 Å². The van der Waals surface area contributed by atoms with Crippen molar-refractivity contribution in [3.63, 3.8) is 0 Å². The summed E-state index contributed by atoms with van der Waals surface area (Å²) in [5.74, 6) is -0.0945. The molecular weight excluding hydrogens is 232 g/mol. The summed E-state index contributed by atoms with van der Waals surface area (Å²) in [5, 5.41) is 9.80. The van der Waals surface area contributed by atoms with Gasteiger partial charge in [0.2, 0.25) is 0 Å². The van der Waals surface area contributed by atoms with E-state index in [1.54, 1.807) is 30.5 Å². The first-order valence-corrected chi connectivity index (χ1v) is 5.31. The number of nitrogens with zero attached hydrogens (tertiary/aromatic N) is 1. The van der Waals surface area contributed by atoms with Gasteiger partial charge in [-0.2, -0.15) is 5.10 Å². The molecule has 3 aromatic rings. The molecule has 1 aromatic carbocycles. The van der Waals surface area contributed by atoms with Crippen molar-refractivity contribution in [3.8, 4) is 0 Å². The van der Waals surface area contributed by atoms with Crippen molar-refractivity contribution in [1.29, 1.82) is 0 Å². The number of rotatable bonds is 2. The van der Waals surface area contributed by atoms with Gasteiger partial charge in [0.25, 0.3) is 5.91 Å². The molecule has 0 aliphatic heterocycles. The Labute approximate surface area is 102 Å². The minimum absolute atomic E-state index is 0.233. The fraction of sp³-hybridized carbons (Fsp3) is 0. The van der Waals surface area contributed by atoms with Gasteiger partial charge in [-0.15, -0.1) is 0 Å². The fourth-order valence-corrected chi connectivity index (χ4v) is 1.69. The monoisotopic (exact) mass is 242 g/mol. The van der Waals surface area contributed by atoms with E-state index >= 15 is 0 Å². The number of hydrogen-bond acceptors (Lipinski definition) is 4. The highest BCUT2D eigenvalue weighted by Gasteiger charge is 2.12. The van der Waals surface area contributed by atoms with Crippen LogP contribution in [0.4, 0.5) is 11.4 Å². The molecular formula is C12H10N4O2. The standard InChI is InChI=1S/C12H10N4O2/c13-8-1-2-10-7(3-8)4-11(18-10)12(17)16-9-5-14-15-6-9/h1-6H,13H2,(H,14,15)(H,16,17). The highest BCUT2D eigenvalue weighted by Crippen LogP contribution is 2.22. The molecule has 0 aliphatic carbocycles. The van der Waals surface area contributed by atoms with E-state index in [4.69, 9.17) is 10.2 Å². The number of nitrogens with two attached hydrogens (primary N) is 1. The molecule has 6 heteroatoms. The molecule has 0 radical (unpaired) electrons. The van der Waals surface area contributed by atoms with Crippen LogP contribution >= 0.6 is 0 Å². The molecule has 0 fully saturated rings. The van der Waals surface area contributed by atoms with Crippen LogP contribution in [0.5, 0.6) is 0 Å². The number of furan rings is 1. The average Bonchev–Trinajstić information content (AvgIpc) is 2.96. The number of nitrogen functional groups attached to an aromatic ring is 1. The van der Waals surface area contributed by atoms with Crippen LogP contribution in [-0.2, 0) is 0 Å². The van der Waals surface area contributed by atoms with Gasteiger partial charge in [-0.25, -0.2) is 0 Å². The van der Waals surface area contributed by atoms with Gasteiger partial charge in [-0.05, 0) is 24.3 Å². The first-order valence-electron chi connectivity index (χ1n) is 5.31. The van der Waals surface area contributed by atoms with Gasteiger partial charge in [-0.3, -0.25) is 9.89 Å². The maximum Gasteiger partial charge on any atom is 0.291 e. The van der Waals surface area contributed by atoms with Crippen LogP contribution in [0.25, 0.3) is 11.0 Å². The molecule has 6 nitrogen and oxygen atoms in total. The molecule has 90 valence electrons. The van der Waals surface area contributed by atoms with Crippen LogP contribution in [0, 0.1) is 0 Å². The van der Waals surface area contributed by atoms with E-state index in [1.165, 1.54) is 6.20 Å². The molecule has 0 bridgehead atoms. The lowest BCUT2D eigenvalue weighted by atomic mass is 10.2. The molecule has 2 aromatic heterocycles. The number of aromatic nitrogens is 2. The predicted octanol–water partition coefficient (Wildman–Crippen LogP) is 1.99. The molecule has 4 N–H and O–H groups in total. The maximum absolute atomic E-state index is 11.9. The second-order valence-electron chi connectivity index (χ2n) is 3.85. The van der Waals surface area contributed by atoms with Crippen LogP contribution < -0.4 is 11.1 Å². The molecule has 2 heterocycles. The molecule has 0 atom stereocenters. The van der Waals surface area contributed by atoms with Gasteiger partial charge in [0, 0.05) is 17.3 Å². The highest BCUT2D eigenvalue weighted by atomic mass is 16.3. The number of amides is 1. The zero-order valence-corrected chi connectivity index (χ0v) is 9.31. The zero-order chi connectivity index (χ0) is 12.5. The van der Waals surface area contributed by atoms with Crippen LogP contribution in [-0.4, -0.2) is 16.1 Å². The van der Waals surface area contributed by atoms with E-state index < -0.39 is 0 Å². The Morgan fingerprint density at radius 3 is 3.06 bits per heavy atom. The summed E-state index contributed by atoms with van der Waals surface area (Å²) in [5.41, 5.74) is 7.50. The maximum atomic E-state index is 11.9. The lowest BCUT2D eigenvalue weighted by molar-refractivity contribution is 0.0998. The van der Waals surface area contributed by atoms with Gasteiger partial charge in [-0.1, -0.05) is 0 Å². The number of aromatic amines is 1. The predicted molar refractivity (Wildman–Crippen MR) is 67.2 cm³/mol. The summed E-state index contributed by atoms with van der Waals surface area (Å²) in [7, 11) is 0. The molecule has 0 spiro atoms. The lowest BCUT2D eigenvalue weighted by Crippen LogP contribution is -2.09. The summed E-state index contributed by atoms with van der Waals surface area (Å²) in [6, 6.07) is 6.87. The Hall–Kier alpha value is -2.76. The first kappa shape index (κ1) is 10.4. The zero-order valence-electron chi connectivity index (χ0n) is 9.31. The first-order chi connectivity index (χ1) is 8.72. The minimum atomic E-state index is -0.328. The van der Waals surface area contributed by atoms with Crippen molar-refractivity contribution in [1.82, 2.24) is 10.2 Å². The number of H-pyrrole nitrogens is 1. The summed E-state index contributed by atoms with van der Waals surface area (Å²) >= 11 is 0. The third-order valence-electron chi connectivity index (χ3n) is 2.52. The van der Waals surface area contributed by atoms with Crippen molar-refractivity contribution >= 4 is 28.3 Å². The summed E-state index contributed by atoms with van der Waals surface area (Å²) in [6.07, 6.45) is 3.09. The average molecular weight is 242 g/mol. The summed E-state index contributed by atoms with van der Waals surface area (Å²) in [4.78, 5) is 11.9. The molecule has 1 amide bonds. The molecule has 0 saturated heterocycles. The van der Waals surface area contributed by atoms with Crippen molar-refractivity contribution < 1.29 is 9.21 Å². The topological polar surface area (TPSA) is 96.9 Å². The quantitative estimate of drug-likeness (QED) is 0.598. The van der Waals surface area contributed by atoms with Gasteiger partial charge < -0.3 is 15.5 Å². The Morgan fingerprint density at radius 2 is 2.28 bits per heavy atom. The van der Waals surface area contributed by atoms with E-state index in [2.05, 4.69) is 15.5 Å². The Morgan fingerprint density at radius 1 is 1.39 bits per heavy atom. The number of fused-ring (bicyclic) bond motifs is 1. The van der Waals surface area contributed by atoms with Gasteiger partial charge >= 0.3 is 0 Å². The number of carbonyl (C=O) groups excluding carboxylic acids is 1. The van der Waals surface area contributed by atoms with Gasteiger partial charge in [0.05, 0.1) is 11.9 Å². The van der Waals surface area contributed by atoms with E-state index in [1.807, 2.05) is 0 Å². The number of anilines is 2. The largest absolute Gasteiger partial charge is 0.451 e. The minimum Gasteiger partial charge on any atom is -0.451 e. The fourth-order valence-electron chi connectivity index (χ4n) is 1.69. The number of nitrogens with one attached hydrogen (secondary N) is 2. The molecule has 18 heavy (non-hydrogen) atoms. The Balaban J connectivity index is 1.92. The smallest absolute Gasteiger partial charge is 0.291 e. The van der Waals surface area contributed by atoms with E-state index in [0.29, 0.717) is 17.0 Å². The molecule has 0 aliphatic rings. The van der Waals surface area contributed by atoms with Crippen LogP contribution in [0.3, 0.4) is 0 Å². The lowest BCUT2D eigenvalue weighted by Gasteiger charge is -1.97. The normalized spacial score (nSPS) is 10.7. The van der Waals surface area contributed by atoms with Crippen LogP contribution in [0.15, 0.2) is 41.1 Å². The third-order valence-corrected chi connectivity index (χ3v) is 2.52. The van der Waals surface area contributed by atoms with E-state index in [9.17, 15) is 4.79 Å². The summed E-state index contributed by atoms with van der Waals surface area (Å²) < 4.78 is 5.44. The highest BCUT2D eigenvalue weighted by molar-refractivity contribution is 6.04. The van der Waals surface area contributed by atoms with E-state index in [-0.39, 0.29) is 11.7 Å². The molecule has 0 unspecified atom stereocenters. The second kappa shape index (κ2) is 3.92. The number of hydrogen-bond donors (Lipinski definition) is 3. The Kier molecular flexibility index (Phi) is 2.26. The summed E-state index contributed by atoms with van der Waals surface area (Å²) in [6.45, 7) is 0. The molecule has 0 saturated carbocycles. The Bertz CT molecular complexity index is 700. The second-order valence-corrected chi connectivity index (χ2v) is 3.85. The molecule has 3 rings (SSSR count). The number of benzene rings is 1. The third kappa shape index (κ3) is 1.80. The van der Waals surface area contributed by atoms with Crippen molar-refractivity contribution in [3.05, 3.63) is 42.4 Å². The van der Waals surface area contributed by atoms with Crippen molar-refractivity contribution in [2.45, 2.75) is 0 Å². The van der Waals surface area contributed by atoms with Gasteiger partial charge in [0.15, 0.2) is 5.76 Å². The van der Waals surface area contributed by atoms with Crippen molar-refractivity contribution in [2.24, 2.45) is 0 Å². The van der Waals surface area contributed by atoms with E-state index in [0.717, 1.165) is 5.39 Å². The van der Waals surface area contributed by atoms with Crippen molar-refractivity contribution in [2.75, 3.05) is 11.1 Å². The van der Waals surface area contributed by atoms with Crippen LogP contribution in [0.2, 0.25) is 0 Å². The number of carbonyl (C=O) groups is 1. The SMILES string of the molecule is Nc1ccc2oc(C(=O)Nc3cn[nH]c3)cc2c1. The van der Waals surface area contributed by atoms with Crippen LogP contribution in [0.1, 0.15) is 10.6 Å².